The zero-order chi connectivity index (χ0) is 22.3. The van der Waals surface area contributed by atoms with Crippen molar-refractivity contribution < 1.29 is 0 Å². The summed E-state index contributed by atoms with van der Waals surface area (Å²) in [6.07, 6.45) is 10.6. The van der Waals surface area contributed by atoms with Crippen molar-refractivity contribution in [3.05, 3.63) is 71.3 Å². The number of hydrogen-bond acceptors (Lipinski definition) is 2. The van der Waals surface area contributed by atoms with Crippen LogP contribution in [0.1, 0.15) is 76.0 Å². The number of para-hydroxylation sites is 1. The molecule has 4 rings (SSSR count). The Morgan fingerprint density at radius 3 is 2.06 bits per heavy atom. The highest BCUT2D eigenvalue weighted by Crippen LogP contribution is 2.34. The molecule has 0 saturated carbocycles. The fraction of sp³-hybridized carbons (Fsp3) is 0.400. The number of fused-ring (bicyclic) bond motifs is 2. The minimum atomic E-state index is 1.01. The van der Waals surface area contributed by atoms with E-state index >= 15 is 0 Å². The molecule has 0 radical (unpaired) electrons. The normalized spacial score (nSPS) is 11.5. The van der Waals surface area contributed by atoms with Crippen molar-refractivity contribution >= 4 is 21.8 Å². The number of aryl methyl sites for hydroxylation is 2. The molecule has 166 valence electrons. The first-order valence-electron chi connectivity index (χ1n) is 12.6. The maximum atomic E-state index is 5.28. The maximum absolute atomic E-state index is 5.28. The molecular formula is C30H36N2. The van der Waals surface area contributed by atoms with Crippen LogP contribution in [0.25, 0.3) is 33.2 Å². The van der Waals surface area contributed by atoms with Crippen molar-refractivity contribution in [3.8, 4) is 11.4 Å². The van der Waals surface area contributed by atoms with Gasteiger partial charge in [-0.1, -0.05) is 76.4 Å². The van der Waals surface area contributed by atoms with Crippen LogP contribution in [0.2, 0.25) is 0 Å². The summed E-state index contributed by atoms with van der Waals surface area (Å²) < 4.78 is 0. The molecule has 2 aromatic heterocycles. The number of nitrogens with zero attached hydrogens (tertiary/aromatic N) is 2. The topological polar surface area (TPSA) is 25.8 Å². The van der Waals surface area contributed by atoms with Crippen molar-refractivity contribution in [2.45, 2.75) is 78.6 Å². The van der Waals surface area contributed by atoms with Gasteiger partial charge in [-0.3, -0.25) is 0 Å². The standard InChI is InChI=1S/C30H36N2/c1-4-7-13-23-15-12-19-27-29(23)24(16-8-5-2)25(17-9-6-3)30(32-27)28-21-20-22-14-10-11-18-26(22)31-28/h10-12,14-15,18-21H,4-9,13,16-17H2,1-3H3. The molecule has 4 aromatic rings. The first kappa shape index (κ1) is 22.5. The van der Waals surface area contributed by atoms with Gasteiger partial charge in [-0.25, -0.2) is 9.97 Å². The van der Waals surface area contributed by atoms with Gasteiger partial charge in [0.1, 0.15) is 0 Å². The quantitative estimate of drug-likeness (QED) is 0.255. The summed E-state index contributed by atoms with van der Waals surface area (Å²) in [6, 6.07) is 19.4. The Kier molecular flexibility index (Phi) is 7.52. The molecule has 2 heterocycles. The van der Waals surface area contributed by atoms with Crippen LogP contribution in [0.15, 0.2) is 54.6 Å². The van der Waals surface area contributed by atoms with E-state index in [0.717, 1.165) is 41.7 Å². The van der Waals surface area contributed by atoms with E-state index in [2.05, 4.69) is 75.4 Å². The van der Waals surface area contributed by atoms with Crippen LogP contribution < -0.4 is 0 Å². The second-order valence-electron chi connectivity index (χ2n) is 8.93. The van der Waals surface area contributed by atoms with Crippen LogP contribution in [0.3, 0.4) is 0 Å². The molecule has 0 bridgehead atoms. The first-order valence-corrected chi connectivity index (χ1v) is 12.6. The fourth-order valence-corrected chi connectivity index (χ4v) is 4.75. The molecule has 32 heavy (non-hydrogen) atoms. The van der Waals surface area contributed by atoms with Crippen molar-refractivity contribution in [3.63, 3.8) is 0 Å². The smallest absolute Gasteiger partial charge is 0.0928 e. The van der Waals surface area contributed by atoms with E-state index in [0.29, 0.717) is 0 Å². The SMILES string of the molecule is CCCCc1c(-c2ccc3ccccc3n2)nc2cccc(CCCC)c2c1CCCC. The molecule has 0 saturated heterocycles. The molecule has 0 aliphatic rings. The lowest BCUT2D eigenvalue weighted by atomic mass is 9.88. The summed E-state index contributed by atoms with van der Waals surface area (Å²) in [4.78, 5) is 10.3. The maximum Gasteiger partial charge on any atom is 0.0928 e. The summed E-state index contributed by atoms with van der Waals surface area (Å²) in [6.45, 7) is 6.84. The van der Waals surface area contributed by atoms with Crippen LogP contribution in [0.5, 0.6) is 0 Å². The van der Waals surface area contributed by atoms with Crippen LogP contribution in [0.4, 0.5) is 0 Å². The zero-order valence-electron chi connectivity index (χ0n) is 20.0. The van der Waals surface area contributed by atoms with Gasteiger partial charge in [0.2, 0.25) is 0 Å². The number of unbranched alkanes of at least 4 members (excludes halogenated alkanes) is 3. The van der Waals surface area contributed by atoms with Gasteiger partial charge in [0.05, 0.1) is 22.4 Å². The molecule has 0 spiro atoms. The van der Waals surface area contributed by atoms with Crippen molar-refractivity contribution in [1.82, 2.24) is 9.97 Å². The number of benzene rings is 2. The predicted molar refractivity (Wildman–Crippen MR) is 138 cm³/mol. The zero-order valence-corrected chi connectivity index (χ0v) is 20.0. The van der Waals surface area contributed by atoms with Gasteiger partial charge in [-0.15, -0.1) is 0 Å². The van der Waals surface area contributed by atoms with E-state index in [1.165, 1.54) is 66.0 Å². The second-order valence-corrected chi connectivity index (χ2v) is 8.93. The van der Waals surface area contributed by atoms with Crippen LogP contribution in [0, 0.1) is 0 Å². The van der Waals surface area contributed by atoms with Gasteiger partial charge in [0.25, 0.3) is 0 Å². The Labute approximate surface area is 193 Å². The van der Waals surface area contributed by atoms with E-state index in [-0.39, 0.29) is 0 Å². The minimum Gasteiger partial charge on any atom is -0.246 e. The molecule has 0 unspecified atom stereocenters. The van der Waals surface area contributed by atoms with Gasteiger partial charge in [-0.2, -0.15) is 0 Å². The summed E-state index contributed by atoms with van der Waals surface area (Å²) in [5, 5.41) is 2.60. The number of pyridine rings is 2. The predicted octanol–water partition coefficient (Wildman–Crippen LogP) is 8.48. The Balaban J connectivity index is 1.98. The number of rotatable bonds is 10. The fourth-order valence-electron chi connectivity index (χ4n) is 4.75. The minimum absolute atomic E-state index is 1.01. The molecule has 2 aromatic carbocycles. The highest BCUT2D eigenvalue weighted by atomic mass is 14.8. The van der Waals surface area contributed by atoms with E-state index in [1.807, 2.05) is 0 Å². The van der Waals surface area contributed by atoms with Crippen molar-refractivity contribution in [2.75, 3.05) is 0 Å². The van der Waals surface area contributed by atoms with Gasteiger partial charge in [0.15, 0.2) is 0 Å². The Bertz CT molecular complexity index is 1190. The largest absolute Gasteiger partial charge is 0.246 e. The lowest BCUT2D eigenvalue weighted by Gasteiger charge is -2.19. The van der Waals surface area contributed by atoms with Crippen molar-refractivity contribution in [1.29, 1.82) is 0 Å². The number of aromatic nitrogens is 2. The van der Waals surface area contributed by atoms with E-state index < -0.39 is 0 Å². The lowest BCUT2D eigenvalue weighted by molar-refractivity contribution is 0.758. The number of hydrogen-bond donors (Lipinski definition) is 0. The molecule has 0 amide bonds. The average molecular weight is 425 g/mol. The van der Waals surface area contributed by atoms with Crippen LogP contribution in [-0.4, -0.2) is 9.97 Å². The summed E-state index contributed by atoms with van der Waals surface area (Å²) in [7, 11) is 0. The summed E-state index contributed by atoms with van der Waals surface area (Å²) >= 11 is 0. The Morgan fingerprint density at radius 2 is 1.28 bits per heavy atom. The van der Waals surface area contributed by atoms with E-state index in [1.54, 1.807) is 0 Å². The Hall–Kier alpha value is -2.74. The third-order valence-corrected chi connectivity index (χ3v) is 6.51. The molecule has 0 aliphatic carbocycles. The molecular weight excluding hydrogens is 388 g/mol. The Morgan fingerprint density at radius 1 is 0.594 bits per heavy atom. The van der Waals surface area contributed by atoms with Crippen LogP contribution >= 0.6 is 0 Å². The molecule has 2 nitrogen and oxygen atoms in total. The molecule has 0 fully saturated rings. The summed E-state index contributed by atoms with van der Waals surface area (Å²) in [5.74, 6) is 0. The molecule has 2 heteroatoms. The monoisotopic (exact) mass is 424 g/mol. The first-order chi connectivity index (χ1) is 15.8. The third kappa shape index (κ3) is 4.70. The highest BCUT2D eigenvalue weighted by Gasteiger charge is 2.19. The third-order valence-electron chi connectivity index (χ3n) is 6.51. The van der Waals surface area contributed by atoms with Gasteiger partial charge in [-0.05, 0) is 73.4 Å². The molecule has 0 N–H and O–H groups in total. The van der Waals surface area contributed by atoms with Gasteiger partial charge >= 0.3 is 0 Å². The lowest BCUT2D eigenvalue weighted by Crippen LogP contribution is -2.06. The van der Waals surface area contributed by atoms with Gasteiger partial charge in [0, 0.05) is 10.8 Å². The van der Waals surface area contributed by atoms with E-state index in [4.69, 9.17) is 9.97 Å². The van der Waals surface area contributed by atoms with Crippen LogP contribution in [-0.2, 0) is 19.3 Å². The average Bonchev–Trinajstić information content (AvgIpc) is 2.84. The molecule has 0 atom stereocenters. The second kappa shape index (κ2) is 10.7. The summed E-state index contributed by atoms with van der Waals surface area (Å²) in [5.41, 5.74) is 8.71. The molecule has 0 aliphatic heterocycles. The van der Waals surface area contributed by atoms with Gasteiger partial charge < -0.3 is 0 Å². The van der Waals surface area contributed by atoms with Crippen molar-refractivity contribution in [2.24, 2.45) is 0 Å². The van der Waals surface area contributed by atoms with E-state index in [9.17, 15) is 0 Å². The highest BCUT2D eigenvalue weighted by molar-refractivity contribution is 5.90.